The van der Waals surface area contributed by atoms with Gasteiger partial charge in [-0.25, -0.2) is 0 Å². The number of carbonyl (C=O) groups excluding carboxylic acids is 1. The highest BCUT2D eigenvalue weighted by atomic mass is 16.5. The van der Waals surface area contributed by atoms with Crippen LogP contribution in [0, 0.1) is 0 Å². The topological polar surface area (TPSA) is 47.6 Å². The Balaban J connectivity index is 2.61. The van der Waals surface area contributed by atoms with Gasteiger partial charge in [-0.15, -0.1) is 0 Å². The van der Waals surface area contributed by atoms with Crippen LogP contribution in [0.5, 0.6) is 5.75 Å². The third-order valence-corrected chi connectivity index (χ3v) is 2.69. The molecule has 1 aromatic carbocycles. The Bertz CT molecular complexity index is 379. The lowest BCUT2D eigenvalue weighted by molar-refractivity contribution is -0.141. The molecule has 1 unspecified atom stereocenters. The number of para-hydroxylation sites is 1. The zero-order valence-corrected chi connectivity index (χ0v) is 11.2. The summed E-state index contributed by atoms with van der Waals surface area (Å²) in [5, 5.41) is 3.34. The molecule has 0 radical (unpaired) electrons. The highest BCUT2D eigenvalue weighted by Gasteiger charge is 2.10. The normalized spacial score (nSPS) is 11.9. The lowest BCUT2D eigenvalue weighted by Crippen LogP contribution is -2.18. The van der Waals surface area contributed by atoms with Gasteiger partial charge in [-0.3, -0.25) is 4.79 Å². The molecule has 0 aromatic heterocycles. The summed E-state index contributed by atoms with van der Waals surface area (Å²) in [4.78, 5) is 11.0. The van der Waals surface area contributed by atoms with Crippen molar-refractivity contribution in [3.05, 3.63) is 29.8 Å². The molecule has 0 fully saturated rings. The van der Waals surface area contributed by atoms with Crippen molar-refractivity contribution in [3.8, 4) is 5.75 Å². The van der Waals surface area contributed by atoms with Crippen LogP contribution in [0.15, 0.2) is 24.3 Å². The van der Waals surface area contributed by atoms with Gasteiger partial charge >= 0.3 is 5.97 Å². The first-order chi connectivity index (χ1) is 8.69. The standard InChI is InChI=1S/C14H21NO3/c1-4-15-11(2)12-7-5-6-8-13(12)18-10-9-14(16)17-3/h5-8,11,15H,4,9-10H2,1-3H3. The average Bonchev–Trinajstić information content (AvgIpc) is 2.39. The number of benzene rings is 1. The van der Waals surface area contributed by atoms with Gasteiger partial charge in [-0.2, -0.15) is 0 Å². The summed E-state index contributed by atoms with van der Waals surface area (Å²) in [5.41, 5.74) is 1.10. The van der Waals surface area contributed by atoms with Crippen LogP contribution in [0.4, 0.5) is 0 Å². The predicted molar refractivity (Wildman–Crippen MR) is 70.7 cm³/mol. The number of rotatable bonds is 7. The fourth-order valence-corrected chi connectivity index (χ4v) is 1.73. The van der Waals surface area contributed by atoms with Crippen molar-refractivity contribution in [2.75, 3.05) is 20.3 Å². The first kappa shape index (κ1) is 14.5. The van der Waals surface area contributed by atoms with Gasteiger partial charge < -0.3 is 14.8 Å². The Kier molecular flexibility index (Phi) is 6.22. The van der Waals surface area contributed by atoms with Gasteiger partial charge in [0.15, 0.2) is 0 Å². The fourth-order valence-electron chi connectivity index (χ4n) is 1.73. The molecule has 4 nitrogen and oxygen atoms in total. The molecule has 1 N–H and O–H groups in total. The van der Waals surface area contributed by atoms with E-state index in [0.29, 0.717) is 6.61 Å². The number of nitrogens with one attached hydrogen (secondary N) is 1. The van der Waals surface area contributed by atoms with Crippen molar-refractivity contribution in [3.63, 3.8) is 0 Å². The van der Waals surface area contributed by atoms with E-state index in [1.54, 1.807) is 0 Å². The molecule has 0 heterocycles. The second-order valence-corrected chi connectivity index (χ2v) is 3.99. The molecule has 0 spiro atoms. The average molecular weight is 251 g/mol. The molecular weight excluding hydrogens is 230 g/mol. The third-order valence-electron chi connectivity index (χ3n) is 2.69. The zero-order chi connectivity index (χ0) is 13.4. The number of methoxy groups -OCH3 is 1. The van der Waals surface area contributed by atoms with E-state index in [4.69, 9.17) is 4.74 Å². The molecule has 4 heteroatoms. The molecule has 1 aromatic rings. The summed E-state index contributed by atoms with van der Waals surface area (Å²) < 4.78 is 10.2. The molecule has 100 valence electrons. The molecular formula is C14H21NO3. The lowest BCUT2D eigenvalue weighted by Gasteiger charge is -2.17. The number of esters is 1. The Morgan fingerprint density at radius 1 is 1.39 bits per heavy atom. The number of ether oxygens (including phenoxy) is 2. The zero-order valence-electron chi connectivity index (χ0n) is 11.2. The second-order valence-electron chi connectivity index (χ2n) is 3.99. The van der Waals surface area contributed by atoms with E-state index in [2.05, 4.69) is 23.9 Å². The SMILES string of the molecule is CCNC(C)c1ccccc1OCCC(=O)OC. The van der Waals surface area contributed by atoms with Crippen molar-refractivity contribution in [2.24, 2.45) is 0 Å². The lowest BCUT2D eigenvalue weighted by atomic mass is 10.1. The van der Waals surface area contributed by atoms with E-state index < -0.39 is 0 Å². The maximum Gasteiger partial charge on any atom is 0.308 e. The minimum absolute atomic E-state index is 0.226. The summed E-state index contributed by atoms with van der Waals surface area (Å²) in [5.74, 6) is 0.557. The van der Waals surface area contributed by atoms with E-state index in [9.17, 15) is 4.79 Å². The largest absolute Gasteiger partial charge is 0.493 e. The van der Waals surface area contributed by atoms with Gasteiger partial charge in [0.1, 0.15) is 5.75 Å². The number of hydrogen-bond acceptors (Lipinski definition) is 4. The van der Waals surface area contributed by atoms with Gasteiger partial charge in [0.05, 0.1) is 20.1 Å². The van der Waals surface area contributed by atoms with Crippen molar-refractivity contribution in [1.82, 2.24) is 5.32 Å². The highest BCUT2D eigenvalue weighted by Crippen LogP contribution is 2.24. The van der Waals surface area contributed by atoms with Crippen LogP contribution in [0.3, 0.4) is 0 Å². The molecule has 0 bridgehead atoms. The Morgan fingerprint density at radius 3 is 2.78 bits per heavy atom. The van der Waals surface area contributed by atoms with Crippen molar-refractivity contribution < 1.29 is 14.3 Å². The predicted octanol–water partition coefficient (Wildman–Crippen LogP) is 2.30. The third kappa shape index (κ3) is 4.37. The molecule has 0 saturated heterocycles. The fraction of sp³-hybridized carbons (Fsp3) is 0.500. The summed E-state index contributed by atoms with van der Waals surface area (Å²) in [6.45, 7) is 5.39. The Labute approximate surface area is 108 Å². The van der Waals surface area contributed by atoms with Crippen LogP contribution in [-0.2, 0) is 9.53 Å². The summed E-state index contributed by atoms with van der Waals surface area (Å²) in [7, 11) is 1.38. The molecule has 1 atom stereocenters. The maximum absolute atomic E-state index is 11.0. The van der Waals surface area contributed by atoms with Crippen molar-refractivity contribution in [1.29, 1.82) is 0 Å². The van der Waals surface area contributed by atoms with Gasteiger partial charge in [0.25, 0.3) is 0 Å². The minimum atomic E-state index is -0.257. The second kappa shape index (κ2) is 7.71. The molecule has 0 aliphatic rings. The van der Waals surface area contributed by atoms with Gasteiger partial charge in [-0.05, 0) is 19.5 Å². The van der Waals surface area contributed by atoms with E-state index in [0.717, 1.165) is 17.9 Å². The quantitative estimate of drug-likeness (QED) is 0.755. The monoisotopic (exact) mass is 251 g/mol. The summed E-state index contributed by atoms with van der Waals surface area (Å²) in [6.07, 6.45) is 0.264. The molecule has 18 heavy (non-hydrogen) atoms. The van der Waals surface area contributed by atoms with Crippen LogP contribution < -0.4 is 10.1 Å². The first-order valence-electron chi connectivity index (χ1n) is 6.21. The van der Waals surface area contributed by atoms with Gasteiger partial charge in [-0.1, -0.05) is 25.1 Å². The molecule has 0 saturated carbocycles. The Morgan fingerprint density at radius 2 is 2.11 bits per heavy atom. The van der Waals surface area contributed by atoms with Crippen LogP contribution in [-0.4, -0.2) is 26.2 Å². The van der Waals surface area contributed by atoms with Crippen molar-refractivity contribution >= 4 is 5.97 Å². The van der Waals surface area contributed by atoms with E-state index >= 15 is 0 Å². The summed E-state index contributed by atoms with van der Waals surface area (Å²) >= 11 is 0. The van der Waals surface area contributed by atoms with E-state index in [-0.39, 0.29) is 18.4 Å². The molecule has 0 amide bonds. The van der Waals surface area contributed by atoms with Crippen LogP contribution in [0.1, 0.15) is 31.9 Å². The highest BCUT2D eigenvalue weighted by molar-refractivity contribution is 5.69. The maximum atomic E-state index is 11.0. The molecule has 0 aliphatic carbocycles. The Hall–Kier alpha value is -1.55. The number of hydrogen-bond donors (Lipinski definition) is 1. The van der Waals surface area contributed by atoms with Crippen LogP contribution in [0.2, 0.25) is 0 Å². The number of carbonyl (C=O) groups is 1. The smallest absolute Gasteiger partial charge is 0.308 e. The van der Waals surface area contributed by atoms with E-state index in [1.807, 2.05) is 24.3 Å². The van der Waals surface area contributed by atoms with Gasteiger partial charge in [0.2, 0.25) is 0 Å². The van der Waals surface area contributed by atoms with E-state index in [1.165, 1.54) is 7.11 Å². The summed E-state index contributed by atoms with van der Waals surface area (Å²) in [6, 6.07) is 8.08. The first-order valence-corrected chi connectivity index (χ1v) is 6.21. The minimum Gasteiger partial charge on any atom is -0.493 e. The molecule has 0 aliphatic heterocycles. The molecule has 1 rings (SSSR count). The van der Waals surface area contributed by atoms with Gasteiger partial charge in [0, 0.05) is 11.6 Å². The van der Waals surface area contributed by atoms with Crippen LogP contribution in [0.25, 0.3) is 0 Å². The van der Waals surface area contributed by atoms with Crippen molar-refractivity contribution in [2.45, 2.75) is 26.3 Å². The van der Waals surface area contributed by atoms with Crippen LogP contribution >= 0.6 is 0 Å².